The van der Waals surface area contributed by atoms with E-state index in [-0.39, 0.29) is 25.3 Å². The summed E-state index contributed by atoms with van der Waals surface area (Å²) >= 11 is 0. The second kappa shape index (κ2) is 13.8. The highest BCUT2D eigenvalue weighted by Gasteiger charge is 2.61. The van der Waals surface area contributed by atoms with Gasteiger partial charge in [0.05, 0.1) is 24.9 Å². The van der Waals surface area contributed by atoms with Crippen molar-refractivity contribution in [1.29, 1.82) is 0 Å². The van der Waals surface area contributed by atoms with Gasteiger partial charge in [0.2, 0.25) is 11.8 Å². The molecule has 2 heterocycles. The highest BCUT2D eigenvalue weighted by Crippen LogP contribution is 2.45. The first kappa shape index (κ1) is 35.2. The van der Waals surface area contributed by atoms with Crippen LogP contribution in [-0.4, -0.2) is 81.8 Å². The summed E-state index contributed by atoms with van der Waals surface area (Å²) in [5, 5.41) is 16.1. The molecule has 0 radical (unpaired) electrons. The van der Waals surface area contributed by atoms with Crippen LogP contribution in [0.15, 0.2) is 67.3 Å². The summed E-state index contributed by atoms with van der Waals surface area (Å²) in [6.45, 7) is 12.4. The van der Waals surface area contributed by atoms with Crippen molar-refractivity contribution in [1.82, 2.24) is 20.5 Å². The molecule has 0 bridgehead atoms. The highest BCUT2D eigenvalue weighted by molar-refractivity contribution is 5.96. The number of carbonyl (C=O) groups excluding carboxylic acids is 3. The lowest BCUT2D eigenvalue weighted by molar-refractivity contribution is -0.146. The number of carboxylic acids is 1. The van der Waals surface area contributed by atoms with E-state index in [9.17, 15) is 24.3 Å². The zero-order valence-corrected chi connectivity index (χ0v) is 28.7. The van der Waals surface area contributed by atoms with Gasteiger partial charge in [0.25, 0.3) is 0 Å². The Bertz CT molecular complexity index is 1750. The van der Waals surface area contributed by atoms with Crippen LogP contribution in [0.2, 0.25) is 0 Å². The summed E-state index contributed by atoms with van der Waals surface area (Å²) in [6, 6.07) is 14.8. The van der Waals surface area contributed by atoms with E-state index in [0.717, 1.165) is 5.56 Å². The van der Waals surface area contributed by atoms with Gasteiger partial charge in [-0.3, -0.25) is 9.59 Å². The molecule has 12 heteroatoms. The molecule has 1 saturated heterocycles. The third-order valence-corrected chi connectivity index (χ3v) is 8.82. The lowest BCUT2D eigenvalue weighted by atomic mass is 10.0. The smallest absolute Gasteiger partial charge is 0.408 e. The molecule has 1 aliphatic heterocycles. The fraction of sp³-hybridized carbons (Fsp3) is 0.432. The molecule has 3 aromatic rings. The Labute approximate surface area is 285 Å². The number of aromatic nitrogens is 1. The van der Waals surface area contributed by atoms with Crippen LogP contribution in [0.5, 0.6) is 11.5 Å². The summed E-state index contributed by atoms with van der Waals surface area (Å²) in [5.74, 6) is -2.01. The van der Waals surface area contributed by atoms with Gasteiger partial charge in [-0.05, 0) is 45.2 Å². The second-order valence-corrected chi connectivity index (χ2v) is 13.9. The molecule has 1 saturated carbocycles. The van der Waals surface area contributed by atoms with Gasteiger partial charge < -0.3 is 34.9 Å². The van der Waals surface area contributed by atoms with Crippen molar-refractivity contribution < 1.29 is 38.5 Å². The Morgan fingerprint density at radius 3 is 2.41 bits per heavy atom. The second-order valence-electron chi connectivity index (χ2n) is 13.9. The zero-order valence-electron chi connectivity index (χ0n) is 28.7. The quantitative estimate of drug-likeness (QED) is 0.240. The number of ether oxygens (including phenoxy) is 3. The number of nitrogens with zero attached hydrogens (tertiary/aromatic N) is 2. The van der Waals surface area contributed by atoms with E-state index in [1.165, 1.54) is 11.0 Å². The molecule has 2 aliphatic rings. The van der Waals surface area contributed by atoms with Crippen LogP contribution in [-0.2, 0) is 19.1 Å². The molecule has 2 aromatic carbocycles. The maximum absolute atomic E-state index is 14.2. The standard InChI is InChI=1S/C37H44N4O8/c1-8-23-19-37(23,34(44)45)40-32(42)29-17-25(20-41(29)33(43)31(21(2)3)39-35(46)49-36(4,5)6)48-30-18-27(22-12-10-9-11-13-22)38-28-16-24(47-7)14-15-26(28)30/h8-16,18,21,23,25,29,31H,1,17,19-20H2,2-7H3,(H,39,46)(H,40,42)(H,44,45)/t23?,25-,29?,31-,37+/m0/s1. The molecule has 12 nitrogen and oxygen atoms in total. The van der Waals surface area contributed by atoms with Gasteiger partial charge in [0.1, 0.15) is 40.8 Å². The van der Waals surface area contributed by atoms with Gasteiger partial charge in [0.15, 0.2) is 0 Å². The predicted octanol–water partition coefficient (Wildman–Crippen LogP) is 4.95. The third-order valence-electron chi connectivity index (χ3n) is 8.82. The Kier molecular flexibility index (Phi) is 9.89. The van der Waals surface area contributed by atoms with E-state index in [4.69, 9.17) is 19.2 Å². The van der Waals surface area contributed by atoms with E-state index in [1.807, 2.05) is 48.5 Å². The molecular formula is C37H44N4O8. The van der Waals surface area contributed by atoms with E-state index < -0.39 is 59.1 Å². The average Bonchev–Trinajstić information content (AvgIpc) is 3.61. The van der Waals surface area contributed by atoms with Gasteiger partial charge in [-0.25, -0.2) is 14.6 Å². The third kappa shape index (κ3) is 7.63. The topological polar surface area (TPSA) is 156 Å². The number of likely N-dealkylation sites (tertiary alicyclic amines) is 1. The van der Waals surface area contributed by atoms with Crippen molar-refractivity contribution in [3.63, 3.8) is 0 Å². The average molecular weight is 673 g/mol. The van der Waals surface area contributed by atoms with E-state index in [0.29, 0.717) is 28.1 Å². The molecule has 2 unspecified atom stereocenters. The SMILES string of the molecule is C=CC1C[C@]1(NC(=O)C1C[C@H](Oc2cc(-c3ccccc3)nc3cc(OC)ccc23)CN1C(=O)[C@@H](NC(=O)OC(C)(C)C)C(C)C)C(=O)O. The largest absolute Gasteiger partial charge is 0.497 e. The molecule has 1 aromatic heterocycles. The maximum Gasteiger partial charge on any atom is 0.408 e. The normalized spacial score (nSPS) is 22.3. The number of carbonyl (C=O) groups is 4. The summed E-state index contributed by atoms with van der Waals surface area (Å²) in [6.07, 6.45) is 0.341. The fourth-order valence-electron chi connectivity index (χ4n) is 6.16. The van der Waals surface area contributed by atoms with Gasteiger partial charge in [0, 0.05) is 35.4 Å². The summed E-state index contributed by atoms with van der Waals surface area (Å²) in [7, 11) is 1.57. The number of methoxy groups -OCH3 is 1. The molecule has 3 amide bonds. The number of amides is 3. The first-order valence-corrected chi connectivity index (χ1v) is 16.3. The summed E-state index contributed by atoms with van der Waals surface area (Å²) in [5.41, 5.74) is -0.137. The molecular weight excluding hydrogens is 628 g/mol. The monoisotopic (exact) mass is 672 g/mol. The highest BCUT2D eigenvalue weighted by atomic mass is 16.6. The number of pyridine rings is 1. The van der Waals surface area contributed by atoms with Crippen LogP contribution in [0.25, 0.3) is 22.2 Å². The van der Waals surface area contributed by atoms with Gasteiger partial charge in [-0.2, -0.15) is 0 Å². The molecule has 260 valence electrons. The fourth-order valence-corrected chi connectivity index (χ4v) is 6.16. The number of hydrogen-bond donors (Lipinski definition) is 3. The van der Waals surface area contributed by atoms with Crippen molar-refractivity contribution in [2.45, 2.75) is 76.8 Å². The number of nitrogens with one attached hydrogen (secondary N) is 2. The summed E-state index contributed by atoms with van der Waals surface area (Å²) < 4.78 is 17.5. The molecule has 5 rings (SSSR count). The van der Waals surface area contributed by atoms with Gasteiger partial charge in [-0.1, -0.05) is 50.3 Å². The van der Waals surface area contributed by atoms with Crippen molar-refractivity contribution in [2.24, 2.45) is 11.8 Å². The lowest BCUT2D eigenvalue weighted by Crippen LogP contribution is -2.57. The molecule has 1 aliphatic carbocycles. The Balaban J connectivity index is 1.49. The minimum absolute atomic E-state index is 0.00172. The predicted molar refractivity (Wildman–Crippen MR) is 183 cm³/mol. The maximum atomic E-state index is 14.2. The number of carboxylic acid groups (broad SMARTS) is 1. The Hall–Kier alpha value is -5.13. The number of alkyl carbamates (subject to hydrolysis) is 1. The van der Waals surface area contributed by atoms with Crippen LogP contribution in [0, 0.1) is 11.8 Å². The molecule has 49 heavy (non-hydrogen) atoms. The van der Waals surface area contributed by atoms with Crippen LogP contribution in [0.1, 0.15) is 47.5 Å². The van der Waals surface area contributed by atoms with Crippen molar-refractivity contribution >= 4 is 34.8 Å². The zero-order chi connectivity index (χ0) is 35.7. The van der Waals surface area contributed by atoms with Crippen LogP contribution in [0.3, 0.4) is 0 Å². The first-order valence-electron chi connectivity index (χ1n) is 16.3. The number of rotatable bonds is 11. The minimum Gasteiger partial charge on any atom is -0.497 e. The number of benzene rings is 2. The van der Waals surface area contributed by atoms with Crippen LogP contribution < -0.4 is 20.1 Å². The van der Waals surface area contributed by atoms with E-state index in [2.05, 4.69) is 17.2 Å². The lowest BCUT2D eigenvalue weighted by Gasteiger charge is -2.31. The first-order chi connectivity index (χ1) is 23.2. The molecule has 0 spiro atoms. The number of hydrogen-bond acceptors (Lipinski definition) is 8. The minimum atomic E-state index is -1.50. The molecule has 5 atom stereocenters. The number of aliphatic carboxylic acids is 1. The van der Waals surface area contributed by atoms with Crippen LogP contribution in [0.4, 0.5) is 4.79 Å². The summed E-state index contributed by atoms with van der Waals surface area (Å²) in [4.78, 5) is 59.4. The van der Waals surface area contributed by atoms with Crippen molar-refractivity contribution in [3.8, 4) is 22.8 Å². The van der Waals surface area contributed by atoms with E-state index in [1.54, 1.807) is 47.8 Å². The van der Waals surface area contributed by atoms with Crippen molar-refractivity contribution in [2.75, 3.05) is 13.7 Å². The van der Waals surface area contributed by atoms with Crippen LogP contribution >= 0.6 is 0 Å². The Morgan fingerprint density at radius 2 is 1.82 bits per heavy atom. The van der Waals surface area contributed by atoms with Gasteiger partial charge >= 0.3 is 12.1 Å². The molecule has 3 N–H and O–H groups in total. The Morgan fingerprint density at radius 1 is 1.10 bits per heavy atom. The van der Waals surface area contributed by atoms with Gasteiger partial charge in [-0.15, -0.1) is 6.58 Å². The van der Waals surface area contributed by atoms with Crippen molar-refractivity contribution in [3.05, 3.63) is 67.3 Å². The number of fused-ring (bicyclic) bond motifs is 1. The van der Waals surface area contributed by atoms with E-state index >= 15 is 0 Å². The molecule has 2 fully saturated rings.